The summed E-state index contributed by atoms with van der Waals surface area (Å²) >= 11 is 0. The normalized spacial score (nSPS) is 10.1. The predicted molar refractivity (Wildman–Crippen MR) is 73.5 cm³/mol. The summed E-state index contributed by atoms with van der Waals surface area (Å²) in [4.78, 5) is 26.5. The number of carbonyl (C=O) groups excluding carboxylic acids is 1. The maximum atomic E-state index is 11.9. The van der Waals surface area contributed by atoms with Crippen LogP contribution < -0.4 is 5.32 Å². The summed E-state index contributed by atoms with van der Waals surface area (Å²) in [5.41, 5.74) is 2.04. The Morgan fingerprint density at radius 2 is 1.85 bits per heavy atom. The third kappa shape index (κ3) is 3.41. The Morgan fingerprint density at radius 1 is 1.15 bits per heavy atom. The second kappa shape index (κ2) is 5.97. The Bertz CT molecular complexity index is 653. The molecule has 0 saturated heterocycles. The van der Waals surface area contributed by atoms with Gasteiger partial charge in [-0.2, -0.15) is 0 Å². The molecular formula is C15H14N2O3. The molecule has 5 heteroatoms. The molecule has 0 radical (unpaired) electrons. The average Bonchev–Trinajstić information content (AvgIpc) is 2.45. The lowest BCUT2D eigenvalue weighted by atomic mass is 10.1. The zero-order chi connectivity index (χ0) is 14.5. The number of carboxylic acids is 1. The molecule has 0 spiro atoms. The highest BCUT2D eigenvalue weighted by atomic mass is 16.4. The maximum absolute atomic E-state index is 11.9. The SMILES string of the molecule is Cc1cccc(CNC(=O)c2cccc(C(=O)O)n2)c1. The zero-order valence-electron chi connectivity index (χ0n) is 11.0. The highest BCUT2D eigenvalue weighted by molar-refractivity contribution is 5.94. The Hall–Kier alpha value is -2.69. The second-order valence-electron chi connectivity index (χ2n) is 4.38. The summed E-state index contributed by atoms with van der Waals surface area (Å²) in [6.07, 6.45) is 0. The topological polar surface area (TPSA) is 79.3 Å². The number of aromatic carboxylic acids is 1. The average molecular weight is 270 g/mol. The van der Waals surface area contributed by atoms with Crippen molar-refractivity contribution in [1.29, 1.82) is 0 Å². The Labute approximate surface area is 116 Å². The maximum Gasteiger partial charge on any atom is 0.354 e. The molecule has 0 aliphatic carbocycles. The largest absolute Gasteiger partial charge is 0.477 e. The molecule has 0 aliphatic heterocycles. The minimum absolute atomic E-state index is 0.0950. The van der Waals surface area contributed by atoms with E-state index < -0.39 is 11.9 Å². The van der Waals surface area contributed by atoms with Gasteiger partial charge in [0.05, 0.1) is 0 Å². The molecule has 0 fully saturated rings. The van der Waals surface area contributed by atoms with Crippen LogP contribution in [-0.4, -0.2) is 22.0 Å². The Balaban J connectivity index is 2.05. The summed E-state index contributed by atoms with van der Waals surface area (Å²) in [7, 11) is 0. The highest BCUT2D eigenvalue weighted by Gasteiger charge is 2.10. The first-order valence-electron chi connectivity index (χ1n) is 6.10. The standard InChI is InChI=1S/C15H14N2O3/c1-10-4-2-5-11(8-10)9-16-14(18)12-6-3-7-13(17-12)15(19)20/h2-8H,9H2,1H3,(H,16,18)(H,19,20). The van der Waals surface area contributed by atoms with E-state index in [-0.39, 0.29) is 11.4 Å². The van der Waals surface area contributed by atoms with Crippen molar-refractivity contribution < 1.29 is 14.7 Å². The van der Waals surface area contributed by atoms with Crippen LogP contribution in [0.5, 0.6) is 0 Å². The monoisotopic (exact) mass is 270 g/mol. The first-order valence-corrected chi connectivity index (χ1v) is 6.10. The number of nitrogens with one attached hydrogen (secondary N) is 1. The Morgan fingerprint density at radius 3 is 2.55 bits per heavy atom. The molecule has 1 aromatic carbocycles. The molecule has 0 bridgehead atoms. The van der Waals surface area contributed by atoms with E-state index in [1.165, 1.54) is 18.2 Å². The summed E-state index contributed by atoms with van der Waals surface area (Å²) in [6, 6.07) is 12.1. The highest BCUT2D eigenvalue weighted by Crippen LogP contribution is 2.04. The summed E-state index contributed by atoms with van der Waals surface area (Å²) in [6.45, 7) is 2.35. The smallest absolute Gasteiger partial charge is 0.354 e. The van der Waals surface area contributed by atoms with Crippen LogP contribution in [-0.2, 0) is 6.54 Å². The van der Waals surface area contributed by atoms with Crippen LogP contribution in [0.15, 0.2) is 42.5 Å². The van der Waals surface area contributed by atoms with Crippen LogP contribution in [0.3, 0.4) is 0 Å². The van der Waals surface area contributed by atoms with Crippen molar-refractivity contribution in [3.63, 3.8) is 0 Å². The van der Waals surface area contributed by atoms with Crippen LogP contribution in [0.4, 0.5) is 0 Å². The number of nitrogens with zero attached hydrogens (tertiary/aromatic N) is 1. The second-order valence-corrected chi connectivity index (χ2v) is 4.38. The lowest BCUT2D eigenvalue weighted by Gasteiger charge is -2.06. The fraction of sp³-hybridized carbons (Fsp3) is 0.133. The van der Waals surface area contributed by atoms with E-state index in [1.807, 2.05) is 31.2 Å². The van der Waals surface area contributed by atoms with Crippen LogP contribution in [0.2, 0.25) is 0 Å². The molecule has 0 aliphatic rings. The molecule has 2 N–H and O–H groups in total. The molecule has 0 atom stereocenters. The number of rotatable bonds is 4. The number of carboxylic acid groups (broad SMARTS) is 1. The number of pyridine rings is 1. The van der Waals surface area contributed by atoms with E-state index in [9.17, 15) is 9.59 Å². The molecular weight excluding hydrogens is 256 g/mol. The van der Waals surface area contributed by atoms with Gasteiger partial charge in [0.2, 0.25) is 0 Å². The van der Waals surface area contributed by atoms with Gasteiger partial charge in [-0.1, -0.05) is 35.9 Å². The summed E-state index contributed by atoms with van der Waals surface area (Å²) in [5.74, 6) is -1.55. The minimum atomic E-state index is -1.15. The van der Waals surface area contributed by atoms with Gasteiger partial charge in [0.25, 0.3) is 5.91 Å². The molecule has 102 valence electrons. The zero-order valence-corrected chi connectivity index (χ0v) is 11.0. The third-order valence-electron chi connectivity index (χ3n) is 2.74. The fourth-order valence-corrected chi connectivity index (χ4v) is 1.78. The lowest BCUT2D eigenvalue weighted by Crippen LogP contribution is -2.24. The number of amides is 1. The van der Waals surface area contributed by atoms with E-state index >= 15 is 0 Å². The van der Waals surface area contributed by atoms with Crippen LogP contribution >= 0.6 is 0 Å². The fourth-order valence-electron chi connectivity index (χ4n) is 1.78. The molecule has 5 nitrogen and oxygen atoms in total. The molecule has 1 aromatic heterocycles. The summed E-state index contributed by atoms with van der Waals surface area (Å²) < 4.78 is 0. The van der Waals surface area contributed by atoms with Crippen molar-refractivity contribution >= 4 is 11.9 Å². The van der Waals surface area contributed by atoms with E-state index in [2.05, 4.69) is 10.3 Å². The number of hydrogen-bond donors (Lipinski definition) is 2. The first kappa shape index (κ1) is 13.7. The van der Waals surface area contributed by atoms with Crippen molar-refractivity contribution in [2.45, 2.75) is 13.5 Å². The van der Waals surface area contributed by atoms with Gasteiger partial charge in [0.1, 0.15) is 11.4 Å². The van der Waals surface area contributed by atoms with Gasteiger partial charge in [0, 0.05) is 6.54 Å². The van der Waals surface area contributed by atoms with Crippen LogP contribution in [0.25, 0.3) is 0 Å². The van der Waals surface area contributed by atoms with Gasteiger partial charge in [-0.05, 0) is 24.6 Å². The summed E-state index contributed by atoms with van der Waals surface area (Å²) in [5, 5.41) is 11.5. The number of aryl methyl sites for hydroxylation is 1. The Kier molecular flexibility index (Phi) is 4.10. The van der Waals surface area contributed by atoms with Gasteiger partial charge < -0.3 is 10.4 Å². The first-order chi connectivity index (χ1) is 9.56. The van der Waals surface area contributed by atoms with Gasteiger partial charge in [0.15, 0.2) is 0 Å². The van der Waals surface area contributed by atoms with Gasteiger partial charge in [-0.15, -0.1) is 0 Å². The van der Waals surface area contributed by atoms with E-state index in [0.717, 1.165) is 11.1 Å². The van der Waals surface area contributed by atoms with E-state index in [1.54, 1.807) is 0 Å². The van der Waals surface area contributed by atoms with Gasteiger partial charge >= 0.3 is 5.97 Å². The number of aromatic nitrogens is 1. The van der Waals surface area contributed by atoms with E-state index in [0.29, 0.717) is 6.54 Å². The van der Waals surface area contributed by atoms with Gasteiger partial charge in [-0.3, -0.25) is 4.79 Å². The molecule has 20 heavy (non-hydrogen) atoms. The molecule has 2 aromatic rings. The number of benzene rings is 1. The van der Waals surface area contributed by atoms with Crippen molar-refractivity contribution in [1.82, 2.24) is 10.3 Å². The third-order valence-corrected chi connectivity index (χ3v) is 2.74. The van der Waals surface area contributed by atoms with Crippen LogP contribution in [0.1, 0.15) is 32.1 Å². The molecule has 0 unspecified atom stereocenters. The lowest BCUT2D eigenvalue weighted by molar-refractivity contribution is 0.0690. The van der Waals surface area contributed by atoms with Crippen molar-refractivity contribution in [3.8, 4) is 0 Å². The van der Waals surface area contributed by atoms with Crippen LogP contribution in [0, 0.1) is 6.92 Å². The molecule has 2 rings (SSSR count). The predicted octanol–water partition coefficient (Wildman–Crippen LogP) is 2.02. The molecule has 1 heterocycles. The number of hydrogen-bond acceptors (Lipinski definition) is 3. The molecule has 0 saturated carbocycles. The van der Waals surface area contributed by atoms with Gasteiger partial charge in [-0.25, -0.2) is 9.78 Å². The van der Waals surface area contributed by atoms with Crippen molar-refractivity contribution in [3.05, 3.63) is 65.0 Å². The quantitative estimate of drug-likeness (QED) is 0.890. The molecule has 1 amide bonds. The minimum Gasteiger partial charge on any atom is -0.477 e. The van der Waals surface area contributed by atoms with Crippen molar-refractivity contribution in [2.75, 3.05) is 0 Å². The van der Waals surface area contributed by atoms with E-state index in [4.69, 9.17) is 5.11 Å². The number of carbonyl (C=O) groups is 2. The van der Waals surface area contributed by atoms with Crippen molar-refractivity contribution in [2.24, 2.45) is 0 Å².